The van der Waals surface area contributed by atoms with Gasteiger partial charge in [-0.1, -0.05) is 146 Å². The van der Waals surface area contributed by atoms with Crippen LogP contribution < -0.4 is 0 Å². The standard InChI is InChI=1S/C60H36F3N5/c61-60(62,63)46-17-11-16-43(32-46)59-57(67-53-20-9-7-18-47(53)49-26-22-41(33-55(49)67)44-24-28-51(65-36-44)39-12-3-1-4-13-39)30-38(35-64)31-58(59)68-54-21-10-8-19-48(54)50-27-23-42(34-56(50)68)45-25-29-52(66-37-45)40-14-5-2-6-15-40/h1-34,36-37H. The third kappa shape index (κ3) is 6.88. The third-order valence-electron chi connectivity index (χ3n) is 12.9. The fourth-order valence-electron chi connectivity index (χ4n) is 9.68. The van der Waals surface area contributed by atoms with E-state index in [1.165, 1.54) is 12.1 Å². The molecule has 0 aliphatic rings. The molecule has 0 unspecified atom stereocenters. The van der Waals surface area contributed by atoms with E-state index in [-0.39, 0.29) is 0 Å². The number of nitrogens with zero attached hydrogens (tertiary/aromatic N) is 5. The first kappa shape index (κ1) is 40.4. The van der Waals surface area contributed by atoms with Crippen molar-refractivity contribution < 1.29 is 13.2 Å². The normalized spacial score (nSPS) is 11.7. The predicted octanol–water partition coefficient (Wildman–Crippen LogP) is 15.9. The smallest absolute Gasteiger partial charge is 0.308 e. The molecular weight excluding hydrogens is 848 g/mol. The highest BCUT2D eigenvalue weighted by atomic mass is 19.4. The number of nitriles is 1. The first-order valence-corrected chi connectivity index (χ1v) is 22.2. The number of rotatable bonds is 7. The van der Waals surface area contributed by atoms with E-state index in [2.05, 4.69) is 75.9 Å². The Kier molecular flexibility index (Phi) is 9.59. The van der Waals surface area contributed by atoms with Crippen molar-refractivity contribution in [2.75, 3.05) is 0 Å². The number of pyridine rings is 2. The van der Waals surface area contributed by atoms with Crippen molar-refractivity contribution >= 4 is 43.6 Å². The van der Waals surface area contributed by atoms with Gasteiger partial charge < -0.3 is 9.13 Å². The molecule has 8 heteroatoms. The molecule has 0 fully saturated rings. The van der Waals surface area contributed by atoms with E-state index in [1.807, 2.05) is 122 Å². The zero-order valence-corrected chi connectivity index (χ0v) is 36.2. The largest absolute Gasteiger partial charge is 0.416 e. The van der Waals surface area contributed by atoms with Crippen LogP contribution in [-0.4, -0.2) is 19.1 Å². The summed E-state index contributed by atoms with van der Waals surface area (Å²) in [6, 6.07) is 68.2. The van der Waals surface area contributed by atoms with E-state index in [9.17, 15) is 18.4 Å². The molecule has 0 N–H and O–H groups in total. The van der Waals surface area contributed by atoms with Gasteiger partial charge in [0.2, 0.25) is 0 Å². The molecule has 0 saturated carbocycles. The monoisotopic (exact) mass is 883 g/mol. The van der Waals surface area contributed by atoms with Crippen molar-refractivity contribution in [3.63, 3.8) is 0 Å². The van der Waals surface area contributed by atoms with Crippen molar-refractivity contribution in [3.8, 4) is 73.3 Å². The minimum Gasteiger partial charge on any atom is -0.308 e. The Morgan fingerprint density at radius 3 is 1.28 bits per heavy atom. The molecule has 0 aliphatic carbocycles. The topological polar surface area (TPSA) is 59.4 Å². The molecule has 4 heterocycles. The Morgan fingerprint density at radius 2 is 0.824 bits per heavy atom. The molecule has 68 heavy (non-hydrogen) atoms. The lowest BCUT2D eigenvalue weighted by molar-refractivity contribution is -0.137. The Bertz CT molecular complexity index is 3720. The van der Waals surface area contributed by atoms with Gasteiger partial charge in [-0.25, -0.2) is 0 Å². The van der Waals surface area contributed by atoms with E-state index < -0.39 is 11.7 Å². The van der Waals surface area contributed by atoms with Crippen LogP contribution in [0.2, 0.25) is 0 Å². The molecule has 0 amide bonds. The minimum atomic E-state index is -4.61. The van der Waals surface area contributed by atoms with Crippen LogP contribution in [0.3, 0.4) is 0 Å². The fourth-order valence-corrected chi connectivity index (χ4v) is 9.68. The lowest BCUT2D eigenvalue weighted by Gasteiger charge is -2.21. The van der Waals surface area contributed by atoms with E-state index in [1.54, 1.807) is 18.2 Å². The summed E-state index contributed by atoms with van der Waals surface area (Å²) < 4.78 is 48.5. The fraction of sp³-hybridized carbons (Fsp3) is 0.0167. The maximum atomic E-state index is 14.8. The van der Waals surface area contributed by atoms with Gasteiger partial charge in [0.1, 0.15) is 0 Å². The molecule has 4 aromatic heterocycles. The molecule has 0 saturated heterocycles. The number of hydrogen-bond acceptors (Lipinski definition) is 3. The van der Waals surface area contributed by atoms with Crippen molar-refractivity contribution in [2.45, 2.75) is 6.18 Å². The first-order chi connectivity index (χ1) is 33.3. The lowest BCUT2D eigenvalue weighted by atomic mass is 9.96. The van der Waals surface area contributed by atoms with Crippen LogP contribution in [0.25, 0.3) is 111 Å². The maximum Gasteiger partial charge on any atom is 0.416 e. The van der Waals surface area contributed by atoms with Gasteiger partial charge in [0.05, 0.1) is 62.0 Å². The Hall–Kier alpha value is -9.06. The molecule has 12 rings (SSSR count). The summed E-state index contributed by atoms with van der Waals surface area (Å²) in [7, 11) is 0. The van der Waals surface area contributed by atoms with Crippen molar-refractivity contribution in [2.24, 2.45) is 0 Å². The van der Waals surface area contributed by atoms with E-state index in [0.29, 0.717) is 28.1 Å². The van der Waals surface area contributed by atoms with Crippen LogP contribution in [0.5, 0.6) is 0 Å². The second-order valence-corrected chi connectivity index (χ2v) is 16.8. The van der Waals surface area contributed by atoms with E-state index in [0.717, 1.165) is 94.4 Å². The Labute approximate surface area is 388 Å². The highest BCUT2D eigenvalue weighted by Gasteiger charge is 2.32. The second-order valence-electron chi connectivity index (χ2n) is 16.8. The third-order valence-corrected chi connectivity index (χ3v) is 12.9. The van der Waals surface area contributed by atoms with Crippen molar-refractivity contribution in [3.05, 3.63) is 230 Å². The molecule has 0 atom stereocenters. The lowest BCUT2D eigenvalue weighted by Crippen LogP contribution is -2.07. The number of aromatic nitrogens is 4. The van der Waals surface area contributed by atoms with Gasteiger partial charge in [-0.05, 0) is 77.4 Å². The van der Waals surface area contributed by atoms with Crippen LogP contribution in [0.4, 0.5) is 13.2 Å². The molecule has 8 aromatic carbocycles. The number of hydrogen-bond donors (Lipinski definition) is 0. The van der Waals surface area contributed by atoms with Gasteiger partial charge in [0.25, 0.3) is 0 Å². The molecule has 5 nitrogen and oxygen atoms in total. The summed E-state index contributed by atoms with van der Waals surface area (Å²) in [5, 5.41) is 14.7. The average molecular weight is 884 g/mol. The minimum absolute atomic E-state index is 0.344. The molecular formula is C60H36F3N5. The van der Waals surface area contributed by atoms with Crippen molar-refractivity contribution in [1.82, 2.24) is 19.1 Å². The van der Waals surface area contributed by atoms with E-state index >= 15 is 0 Å². The number of alkyl halides is 3. The number of benzene rings is 8. The summed E-state index contributed by atoms with van der Waals surface area (Å²) >= 11 is 0. The predicted molar refractivity (Wildman–Crippen MR) is 268 cm³/mol. The van der Waals surface area contributed by atoms with Crippen LogP contribution >= 0.6 is 0 Å². The van der Waals surface area contributed by atoms with Gasteiger partial charge in [-0.3, -0.25) is 9.97 Å². The average Bonchev–Trinajstić information content (AvgIpc) is 3.90. The van der Waals surface area contributed by atoms with Crippen LogP contribution in [0, 0.1) is 11.3 Å². The van der Waals surface area contributed by atoms with Gasteiger partial charge >= 0.3 is 6.18 Å². The van der Waals surface area contributed by atoms with Crippen LogP contribution in [-0.2, 0) is 6.18 Å². The van der Waals surface area contributed by atoms with Gasteiger partial charge in [0.15, 0.2) is 0 Å². The Balaban J connectivity index is 1.14. The Morgan fingerprint density at radius 1 is 0.382 bits per heavy atom. The van der Waals surface area contributed by atoms with Crippen LogP contribution in [0.15, 0.2) is 219 Å². The van der Waals surface area contributed by atoms with Gasteiger partial charge in [-0.15, -0.1) is 0 Å². The molecule has 0 spiro atoms. The highest BCUT2D eigenvalue weighted by molar-refractivity contribution is 6.13. The SMILES string of the molecule is N#Cc1cc(-n2c3ccccc3c3ccc(-c4ccc(-c5ccccc5)nc4)cc32)c(-c2cccc(C(F)(F)F)c2)c(-n2c3ccccc3c3ccc(-c4ccc(-c5ccccc5)nc4)cc32)c1. The zero-order valence-electron chi connectivity index (χ0n) is 36.2. The highest BCUT2D eigenvalue weighted by Crippen LogP contribution is 2.45. The first-order valence-electron chi connectivity index (χ1n) is 22.2. The molecule has 322 valence electrons. The number of halogens is 3. The van der Waals surface area contributed by atoms with Crippen LogP contribution in [0.1, 0.15) is 11.1 Å². The number of fused-ring (bicyclic) bond motifs is 6. The number of para-hydroxylation sites is 2. The molecule has 0 radical (unpaired) electrons. The second kappa shape index (κ2) is 16.1. The van der Waals surface area contributed by atoms with E-state index in [4.69, 9.17) is 9.97 Å². The molecule has 12 aromatic rings. The quantitative estimate of drug-likeness (QED) is 0.160. The van der Waals surface area contributed by atoms with Gasteiger partial charge in [-0.2, -0.15) is 18.4 Å². The molecule has 0 bridgehead atoms. The molecule has 0 aliphatic heterocycles. The summed E-state index contributed by atoms with van der Waals surface area (Å²) in [6.07, 6.45) is -0.882. The summed E-state index contributed by atoms with van der Waals surface area (Å²) in [4.78, 5) is 9.65. The maximum absolute atomic E-state index is 14.8. The van der Waals surface area contributed by atoms with Crippen molar-refractivity contribution in [1.29, 1.82) is 5.26 Å². The van der Waals surface area contributed by atoms with Gasteiger partial charge in [0, 0.05) is 61.8 Å². The zero-order chi connectivity index (χ0) is 45.9. The summed E-state index contributed by atoms with van der Waals surface area (Å²) in [6.45, 7) is 0. The summed E-state index contributed by atoms with van der Waals surface area (Å²) in [5.41, 5.74) is 12.2. The summed E-state index contributed by atoms with van der Waals surface area (Å²) in [5.74, 6) is 0.